The third-order valence-electron chi connectivity index (χ3n) is 5.28. The standard InChI is InChI=1S/C19H26N6O/c1-24-13-16-3-2-15(11-17(16)23-24)19(26)22-12-14-4-5-21-18(10-14)25-8-6-20-7-9-25/h4-5,10,13,15,20H,2-3,6-9,11-12H2,1H3,(H,22,26). The summed E-state index contributed by atoms with van der Waals surface area (Å²) in [7, 11) is 1.94. The summed E-state index contributed by atoms with van der Waals surface area (Å²) < 4.78 is 1.85. The Balaban J connectivity index is 1.34. The maximum Gasteiger partial charge on any atom is 0.223 e. The lowest BCUT2D eigenvalue weighted by atomic mass is 9.87. The van der Waals surface area contributed by atoms with Crippen LogP contribution < -0.4 is 15.5 Å². The Morgan fingerprint density at radius 1 is 1.38 bits per heavy atom. The molecule has 7 nitrogen and oxygen atoms in total. The number of pyridine rings is 1. The monoisotopic (exact) mass is 354 g/mol. The Labute approximate surface area is 153 Å². The van der Waals surface area contributed by atoms with Crippen LogP contribution in [0.1, 0.15) is 23.2 Å². The van der Waals surface area contributed by atoms with E-state index in [1.807, 2.05) is 24.0 Å². The molecule has 0 radical (unpaired) electrons. The van der Waals surface area contributed by atoms with E-state index in [0.29, 0.717) is 6.54 Å². The van der Waals surface area contributed by atoms with Gasteiger partial charge in [0, 0.05) is 64.5 Å². The highest BCUT2D eigenvalue weighted by molar-refractivity contribution is 5.79. The van der Waals surface area contributed by atoms with Gasteiger partial charge in [-0.05, 0) is 36.1 Å². The van der Waals surface area contributed by atoms with Gasteiger partial charge in [-0.25, -0.2) is 4.98 Å². The number of hydrogen-bond donors (Lipinski definition) is 2. The second-order valence-corrected chi connectivity index (χ2v) is 7.19. The summed E-state index contributed by atoms with van der Waals surface area (Å²) in [5.74, 6) is 1.14. The molecule has 2 aromatic heterocycles. The van der Waals surface area contributed by atoms with E-state index in [2.05, 4.69) is 37.9 Å². The second kappa shape index (κ2) is 7.45. The molecular weight excluding hydrogens is 328 g/mol. The fraction of sp³-hybridized carbons (Fsp3) is 0.526. The molecule has 0 spiro atoms. The third-order valence-corrected chi connectivity index (χ3v) is 5.28. The van der Waals surface area contributed by atoms with Crippen LogP contribution in [0.4, 0.5) is 5.82 Å². The minimum Gasteiger partial charge on any atom is -0.354 e. The van der Waals surface area contributed by atoms with Crippen molar-refractivity contribution >= 4 is 11.7 Å². The fourth-order valence-corrected chi connectivity index (χ4v) is 3.82. The number of fused-ring (bicyclic) bond motifs is 1. The Morgan fingerprint density at radius 3 is 3.08 bits per heavy atom. The van der Waals surface area contributed by atoms with Crippen LogP contribution in [-0.4, -0.2) is 46.9 Å². The molecule has 26 heavy (non-hydrogen) atoms. The van der Waals surface area contributed by atoms with E-state index in [-0.39, 0.29) is 11.8 Å². The Morgan fingerprint density at radius 2 is 2.23 bits per heavy atom. The summed E-state index contributed by atoms with van der Waals surface area (Å²) in [6, 6.07) is 4.06. The van der Waals surface area contributed by atoms with E-state index in [1.54, 1.807) is 0 Å². The van der Waals surface area contributed by atoms with Crippen molar-refractivity contribution in [3.8, 4) is 0 Å². The van der Waals surface area contributed by atoms with Crippen molar-refractivity contribution in [2.75, 3.05) is 31.1 Å². The number of carbonyl (C=O) groups is 1. The van der Waals surface area contributed by atoms with Gasteiger partial charge >= 0.3 is 0 Å². The molecule has 138 valence electrons. The maximum atomic E-state index is 12.6. The molecule has 0 bridgehead atoms. The summed E-state index contributed by atoms with van der Waals surface area (Å²) in [5, 5.41) is 10.9. The van der Waals surface area contributed by atoms with Crippen molar-refractivity contribution in [2.45, 2.75) is 25.8 Å². The normalized spacial score (nSPS) is 19.9. The minimum absolute atomic E-state index is 0.0203. The lowest BCUT2D eigenvalue weighted by molar-refractivity contribution is -0.125. The highest BCUT2D eigenvalue weighted by atomic mass is 16.1. The molecule has 1 aliphatic carbocycles. The third kappa shape index (κ3) is 3.72. The van der Waals surface area contributed by atoms with Gasteiger partial charge in [-0.1, -0.05) is 0 Å². The van der Waals surface area contributed by atoms with Crippen molar-refractivity contribution in [1.29, 1.82) is 0 Å². The average Bonchev–Trinajstić information content (AvgIpc) is 3.06. The maximum absolute atomic E-state index is 12.6. The molecule has 3 heterocycles. The number of nitrogens with zero attached hydrogens (tertiary/aromatic N) is 4. The van der Waals surface area contributed by atoms with Gasteiger partial charge in [-0.2, -0.15) is 5.10 Å². The van der Waals surface area contributed by atoms with Crippen LogP contribution in [-0.2, 0) is 31.2 Å². The molecule has 2 aromatic rings. The predicted molar refractivity (Wildman–Crippen MR) is 99.9 cm³/mol. The van der Waals surface area contributed by atoms with E-state index in [1.165, 1.54) is 5.56 Å². The van der Waals surface area contributed by atoms with E-state index in [0.717, 1.165) is 62.5 Å². The Kier molecular flexibility index (Phi) is 4.88. The zero-order valence-electron chi connectivity index (χ0n) is 15.2. The zero-order valence-corrected chi connectivity index (χ0v) is 15.2. The first kappa shape index (κ1) is 17.0. The molecule has 2 N–H and O–H groups in total. The van der Waals surface area contributed by atoms with Gasteiger partial charge in [0.15, 0.2) is 0 Å². The van der Waals surface area contributed by atoms with Gasteiger partial charge in [0.2, 0.25) is 5.91 Å². The van der Waals surface area contributed by atoms with Crippen LogP contribution >= 0.6 is 0 Å². The van der Waals surface area contributed by atoms with Crippen molar-refractivity contribution in [3.05, 3.63) is 41.3 Å². The van der Waals surface area contributed by atoms with E-state index >= 15 is 0 Å². The average molecular weight is 354 g/mol. The number of aryl methyl sites for hydroxylation is 2. The number of amides is 1. The molecule has 0 saturated carbocycles. The summed E-state index contributed by atoms with van der Waals surface area (Å²) >= 11 is 0. The molecular formula is C19H26N6O. The second-order valence-electron chi connectivity index (χ2n) is 7.19. The predicted octanol–water partition coefficient (Wildman–Crippen LogP) is 0.646. The highest BCUT2D eigenvalue weighted by Gasteiger charge is 2.26. The van der Waals surface area contributed by atoms with Gasteiger partial charge < -0.3 is 15.5 Å². The van der Waals surface area contributed by atoms with Crippen molar-refractivity contribution < 1.29 is 4.79 Å². The summed E-state index contributed by atoms with van der Waals surface area (Å²) in [5.41, 5.74) is 3.45. The smallest absolute Gasteiger partial charge is 0.223 e. The number of rotatable bonds is 4. The van der Waals surface area contributed by atoms with E-state index in [4.69, 9.17) is 0 Å². The molecule has 2 aliphatic rings. The minimum atomic E-state index is 0.0203. The van der Waals surface area contributed by atoms with Crippen LogP contribution in [0.3, 0.4) is 0 Å². The quantitative estimate of drug-likeness (QED) is 0.843. The summed E-state index contributed by atoms with van der Waals surface area (Å²) in [6.07, 6.45) is 6.47. The van der Waals surface area contributed by atoms with Crippen LogP contribution in [0.5, 0.6) is 0 Å². The Bertz CT molecular complexity index is 780. The molecule has 1 amide bonds. The Hall–Kier alpha value is -2.41. The van der Waals surface area contributed by atoms with Gasteiger partial charge in [-0.15, -0.1) is 0 Å². The van der Waals surface area contributed by atoms with Gasteiger partial charge in [0.25, 0.3) is 0 Å². The van der Waals surface area contributed by atoms with Crippen LogP contribution in [0.25, 0.3) is 0 Å². The van der Waals surface area contributed by atoms with Gasteiger partial charge in [-0.3, -0.25) is 9.48 Å². The highest BCUT2D eigenvalue weighted by Crippen LogP contribution is 2.24. The van der Waals surface area contributed by atoms with Gasteiger partial charge in [0.1, 0.15) is 5.82 Å². The number of anilines is 1. The van der Waals surface area contributed by atoms with Crippen LogP contribution in [0, 0.1) is 5.92 Å². The van der Waals surface area contributed by atoms with Crippen molar-refractivity contribution in [2.24, 2.45) is 13.0 Å². The molecule has 7 heteroatoms. The van der Waals surface area contributed by atoms with E-state index < -0.39 is 0 Å². The molecule has 1 fully saturated rings. The lowest BCUT2D eigenvalue weighted by Gasteiger charge is -2.28. The van der Waals surface area contributed by atoms with Gasteiger partial charge in [0.05, 0.1) is 5.69 Å². The van der Waals surface area contributed by atoms with E-state index in [9.17, 15) is 4.79 Å². The summed E-state index contributed by atoms with van der Waals surface area (Å²) in [6.45, 7) is 4.46. The van der Waals surface area contributed by atoms with Crippen molar-refractivity contribution in [3.63, 3.8) is 0 Å². The first-order chi connectivity index (χ1) is 12.7. The largest absolute Gasteiger partial charge is 0.354 e. The first-order valence-electron chi connectivity index (χ1n) is 9.39. The zero-order chi connectivity index (χ0) is 17.9. The molecule has 1 aliphatic heterocycles. The van der Waals surface area contributed by atoms with Crippen molar-refractivity contribution in [1.82, 2.24) is 25.4 Å². The number of hydrogen-bond acceptors (Lipinski definition) is 5. The van der Waals surface area contributed by atoms with Crippen LogP contribution in [0.15, 0.2) is 24.5 Å². The molecule has 0 aromatic carbocycles. The first-order valence-corrected chi connectivity index (χ1v) is 9.39. The number of piperazine rings is 1. The number of nitrogens with one attached hydrogen (secondary N) is 2. The summed E-state index contributed by atoms with van der Waals surface area (Å²) in [4.78, 5) is 19.4. The molecule has 1 saturated heterocycles. The molecule has 4 rings (SSSR count). The fourth-order valence-electron chi connectivity index (χ4n) is 3.82. The molecule has 1 atom stereocenters. The lowest BCUT2D eigenvalue weighted by Crippen LogP contribution is -2.43. The number of carbonyl (C=O) groups excluding carboxylic acids is 1. The topological polar surface area (TPSA) is 75.1 Å². The SMILES string of the molecule is Cn1cc2c(n1)CC(C(=O)NCc1ccnc(N3CCNCC3)c1)CC2. The molecule has 1 unspecified atom stereocenters. The van der Waals surface area contributed by atoms with Crippen LogP contribution in [0.2, 0.25) is 0 Å². The number of aromatic nitrogens is 3.